The van der Waals surface area contributed by atoms with E-state index in [2.05, 4.69) is 20.9 Å². The van der Waals surface area contributed by atoms with Gasteiger partial charge in [0.15, 0.2) is 0 Å². The highest BCUT2D eigenvalue weighted by Gasteiger charge is 2.25. The van der Waals surface area contributed by atoms with Crippen LogP contribution in [0.25, 0.3) is 11.1 Å². The summed E-state index contributed by atoms with van der Waals surface area (Å²) in [6.07, 6.45) is 4.38. The molecule has 1 aromatic heterocycles. The molecule has 2 aromatic carbocycles. The molecular weight excluding hydrogens is 480 g/mol. The van der Waals surface area contributed by atoms with Crippen molar-refractivity contribution in [1.82, 2.24) is 15.6 Å². The predicted molar refractivity (Wildman–Crippen MR) is 148 cm³/mol. The highest BCUT2D eigenvalue weighted by atomic mass is 16.4. The van der Waals surface area contributed by atoms with Crippen LogP contribution in [0.15, 0.2) is 79.0 Å². The number of carbonyl (C=O) groups excluding carboxylic acids is 2. The molecule has 0 fully saturated rings. The molecule has 3 aromatic rings. The number of carbonyl (C=O) groups is 3. The van der Waals surface area contributed by atoms with Crippen LogP contribution in [0.3, 0.4) is 0 Å². The highest BCUT2D eigenvalue weighted by molar-refractivity contribution is 5.88. The van der Waals surface area contributed by atoms with E-state index in [0.717, 1.165) is 29.8 Å². The van der Waals surface area contributed by atoms with E-state index < -0.39 is 18.1 Å². The van der Waals surface area contributed by atoms with E-state index in [1.165, 1.54) is 0 Å². The van der Waals surface area contributed by atoms with E-state index in [4.69, 9.17) is 0 Å². The van der Waals surface area contributed by atoms with Crippen LogP contribution in [-0.4, -0.2) is 40.5 Å². The van der Waals surface area contributed by atoms with Crippen molar-refractivity contribution >= 4 is 23.6 Å². The second-order valence-corrected chi connectivity index (χ2v) is 9.15. The fraction of sp³-hybridized carbons (Fsp3) is 0.333. The molecule has 200 valence electrons. The van der Waals surface area contributed by atoms with Gasteiger partial charge in [0.25, 0.3) is 0 Å². The van der Waals surface area contributed by atoms with Crippen molar-refractivity contribution in [3.05, 3.63) is 84.6 Å². The van der Waals surface area contributed by atoms with Gasteiger partial charge in [-0.3, -0.25) is 14.4 Å². The van der Waals surface area contributed by atoms with Gasteiger partial charge >= 0.3 is 5.97 Å². The van der Waals surface area contributed by atoms with Crippen LogP contribution >= 0.6 is 0 Å². The number of aliphatic carboxylic acids is 1. The maximum Gasteiger partial charge on any atom is 0.305 e. The largest absolute Gasteiger partial charge is 0.481 e. The zero-order valence-corrected chi connectivity index (χ0v) is 21.7. The van der Waals surface area contributed by atoms with Crippen LogP contribution < -0.4 is 16.0 Å². The number of carboxylic acids is 1. The third-order valence-corrected chi connectivity index (χ3v) is 6.17. The van der Waals surface area contributed by atoms with Crippen LogP contribution in [0, 0.1) is 0 Å². The summed E-state index contributed by atoms with van der Waals surface area (Å²) in [6.45, 7) is 2.59. The van der Waals surface area contributed by atoms with Crippen molar-refractivity contribution < 1.29 is 19.5 Å². The lowest BCUT2D eigenvalue weighted by Crippen LogP contribution is -2.48. The number of aromatic nitrogens is 1. The van der Waals surface area contributed by atoms with Crippen molar-refractivity contribution in [2.24, 2.45) is 0 Å². The number of hydrogen-bond acceptors (Lipinski definition) is 5. The van der Waals surface area contributed by atoms with Crippen LogP contribution in [0.1, 0.15) is 57.1 Å². The van der Waals surface area contributed by atoms with Crippen LogP contribution in [0.2, 0.25) is 0 Å². The van der Waals surface area contributed by atoms with Gasteiger partial charge in [0.05, 0.1) is 12.5 Å². The van der Waals surface area contributed by atoms with Crippen LogP contribution in [0.5, 0.6) is 0 Å². The SMILES string of the molecule is CCCC[C@@H](NC(=O)CCCNc1ccccn1)C(=O)NC(CC(=O)O)c1ccc(-c2ccccc2)cc1. The molecule has 0 aliphatic heterocycles. The summed E-state index contributed by atoms with van der Waals surface area (Å²) in [4.78, 5) is 41.6. The molecule has 0 saturated carbocycles. The van der Waals surface area contributed by atoms with E-state index in [1.807, 2.05) is 79.7 Å². The molecule has 2 atom stereocenters. The summed E-state index contributed by atoms with van der Waals surface area (Å²) in [7, 11) is 0. The molecule has 0 spiro atoms. The number of rotatable bonds is 15. The third kappa shape index (κ3) is 9.35. The molecule has 1 heterocycles. The van der Waals surface area contributed by atoms with E-state index in [9.17, 15) is 19.5 Å². The molecule has 0 bridgehead atoms. The zero-order chi connectivity index (χ0) is 27.2. The smallest absolute Gasteiger partial charge is 0.305 e. The minimum Gasteiger partial charge on any atom is -0.481 e. The van der Waals surface area contributed by atoms with Gasteiger partial charge in [-0.25, -0.2) is 4.98 Å². The van der Waals surface area contributed by atoms with Gasteiger partial charge in [-0.1, -0.05) is 80.4 Å². The van der Waals surface area contributed by atoms with Gasteiger partial charge in [0.2, 0.25) is 11.8 Å². The highest BCUT2D eigenvalue weighted by Crippen LogP contribution is 2.24. The van der Waals surface area contributed by atoms with Crippen molar-refractivity contribution in [2.75, 3.05) is 11.9 Å². The molecule has 38 heavy (non-hydrogen) atoms. The van der Waals surface area contributed by atoms with Crippen molar-refractivity contribution in [3.8, 4) is 11.1 Å². The number of amides is 2. The molecule has 2 amide bonds. The molecule has 0 radical (unpaired) electrons. The quantitative estimate of drug-likeness (QED) is 0.212. The van der Waals surface area contributed by atoms with E-state index in [-0.39, 0.29) is 24.7 Å². The Kier molecular flexibility index (Phi) is 11.3. The van der Waals surface area contributed by atoms with E-state index in [1.54, 1.807) is 6.20 Å². The number of benzene rings is 2. The Balaban J connectivity index is 1.60. The molecule has 3 rings (SSSR count). The normalized spacial score (nSPS) is 12.2. The average Bonchev–Trinajstić information content (AvgIpc) is 2.94. The lowest BCUT2D eigenvalue weighted by molar-refractivity contribution is -0.138. The minimum absolute atomic E-state index is 0.217. The molecule has 4 N–H and O–H groups in total. The van der Waals surface area contributed by atoms with Crippen molar-refractivity contribution in [1.29, 1.82) is 0 Å². The molecule has 8 nitrogen and oxygen atoms in total. The first-order valence-electron chi connectivity index (χ1n) is 13.1. The Morgan fingerprint density at radius 2 is 1.58 bits per heavy atom. The summed E-state index contributed by atoms with van der Waals surface area (Å²) >= 11 is 0. The third-order valence-electron chi connectivity index (χ3n) is 6.17. The van der Waals surface area contributed by atoms with Crippen LogP contribution in [-0.2, 0) is 14.4 Å². The number of unbranched alkanes of at least 4 members (excludes halogenated alkanes) is 1. The van der Waals surface area contributed by atoms with E-state index >= 15 is 0 Å². The standard InChI is InChI=1S/C30H36N4O4/c1-2-3-12-25(33-28(35)14-9-20-32-27-13-7-8-19-31-27)30(38)34-26(21-29(36)37)24-17-15-23(16-18-24)22-10-5-4-6-11-22/h4-8,10-11,13,15-19,25-26H,2-3,9,12,14,20-21H2,1H3,(H,31,32)(H,33,35)(H,34,38)(H,36,37)/t25-,26?/m1/s1. The topological polar surface area (TPSA) is 120 Å². The fourth-order valence-corrected chi connectivity index (χ4v) is 4.11. The van der Waals surface area contributed by atoms with Gasteiger partial charge < -0.3 is 21.1 Å². The van der Waals surface area contributed by atoms with Gasteiger partial charge in [0, 0.05) is 19.2 Å². The first-order chi connectivity index (χ1) is 18.5. The Bertz CT molecular complexity index is 1150. The molecule has 1 unspecified atom stereocenters. The Morgan fingerprint density at radius 3 is 2.24 bits per heavy atom. The Hall–Kier alpha value is -4.20. The van der Waals surface area contributed by atoms with Gasteiger partial charge in [0.1, 0.15) is 11.9 Å². The Morgan fingerprint density at radius 1 is 0.868 bits per heavy atom. The molecule has 0 saturated heterocycles. The summed E-state index contributed by atoms with van der Waals surface area (Å²) in [6, 6.07) is 21.5. The number of anilines is 1. The Labute approximate surface area is 223 Å². The maximum absolute atomic E-state index is 13.2. The molecule has 0 aliphatic rings. The summed E-state index contributed by atoms with van der Waals surface area (Å²) in [5.74, 6) is -0.866. The first kappa shape index (κ1) is 28.4. The number of nitrogens with one attached hydrogen (secondary N) is 3. The summed E-state index contributed by atoms with van der Waals surface area (Å²) in [5.41, 5.74) is 2.75. The molecule has 8 heteroatoms. The van der Waals surface area contributed by atoms with Crippen molar-refractivity contribution in [2.45, 2.75) is 57.5 Å². The van der Waals surface area contributed by atoms with Gasteiger partial charge in [-0.05, 0) is 41.7 Å². The number of carboxylic acid groups (broad SMARTS) is 1. The second kappa shape index (κ2) is 15.1. The molecule has 0 aliphatic carbocycles. The lowest BCUT2D eigenvalue weighted by atomic mass is 9.98. The van der Waals surface area contributed by atoms with E-state index in [0.29, 0.717) is 24.9 Å². The first-order valence-corrected chi connectivity index (χ1v) is 13.1. The average molecular weight is 517 g/mol. The number of nitrogens with zero attached hydrogens (tertiary/aromatic N) is 1. The molecular formula is C30H36N4O4. The van der Waals surface area contributed by atoms with Gasteiger partial charge in [-0.15, -0.1) is 0 Å². The summed E-state index contributed by atoms with van der Waals surface area (Å²) in [5, 5.41) is 18.4. The summed E-state index contributed by atoms with van der Waals surface area (Å²) < 4.78 is 0. The number of pyridine rings is 1. The maximum atomic E-state index is 13.2. The number of hydrogen-bond donors (Lipinski definition) is 4. The zero-order valence-electron chi connectivity index (χ0n) is 21.7. The second-order valence-electron chi connectivity index (χ2n) is 9.15. The van der Waals surface area contributed by atoms with Crippen LogP contribution in [0.4, 0.5) is 5.82 Å². The monoisotopic (exact) mass is 516 g/mol. The lowest BCUT2D eigenvalue weighted by Gasteiger charge is -2.23. The van der Waals surface area contributed by atoms with Crippen molar-refractivity contribution in [3.63, 3.8) is 0 Å². The van der Waals surface area contributed by atoms with Gasteiger partial charge in [-0.2, -0.15) is 0 Å². The predicted octanol–water partition coefficient (Wildman–Crippen LogP) is 4.95. The fourth-order valence-electron chi connectivity index (χ4n) is 4.11. The minimum atomic E-state index is -1.02.